The number of para-hydroxylation sites is 1. The van der Waals surface area contributed by atoms with Crippen molar-refractivity contribution in [2.45, 2.75) is 19.4 Å². The summed E-state index contributed by atoms with van der Waals surface area (Å²) in [5.41, 5.74) is 1.72. The number of nitriles is 1. The van der Waals surface area contributed by atoms with E-state index in [4.69, 9.17) is 5.26 Å². The maximum atomic E-state index is 12.1. The predicted molar refractivity (Wildman–Crippen MR) is 105 cm³/mol. The number of aromatic nitrogens is 1. The summed E-state index contributed by atoms with van der Waals surface area (Å²) in [5.74, 6) is -1.08. The van der Waals surface area contributed by atoms with E-state index in [1.54, 1.807) is 30.5 Å². The lowest BCUT2D eigenvalue weighted by Crippen LogP contribution is -2.41. The molecule has 0 unspecified atom stereocenters. The Morgan fingerprint density at radius 3 is 2.57 bits per heavy atom. The van der Waals surface area contributed by atoms with Crippen molar-refractivity contribution in [1.29, 1.82) is 5.26 Å². The molecule has 1 aliphatic heterocycles. The standard InChI is InChI=1S/C21H23N5O2/c22-13-17-5-1-2-7-19(17)25-21(28)20(27)24-14-16-8-11-26(12-9-16)15-18-6-3-4-10-23-18/h1-7,10,16H,8-9,11-12,14-15H2,(H,24,27)(H,25,28). The molecule has 1 saturated heterocycles. The Morgan fingerprint density at radius 1 is 1.11 bits per heavy atom. The molecule has 0 bridgehead atoms. The Bertz CT molecular complexity index is 855. The zero-order valence-corrected chi connectivity index (χ0v) is 15.6. The van der Waals surface area contributed by atoms with Crippen molar-refractivity contribution in [1.82, 2.24) is 15.2 Å². The first-order valence-electron chi connectivity index (χ1n) is 9.36. The normalized spacial score (nSPS) is 14.8. The molecule has 2 aromatic rings. The first-order chi connectivity index (χ1) is 13.7. The second kappa shape index (κ2) is 9.62. The Morgan fingerprint density at radius 2 is 1.86 bits per heavy atom. The van der Waals surface area contributed by atoms with E-state index in [1.807, 2.05) is 24.3 Å². The third kappa shape index (κ3) is 5.38. The van der Waals surface area contributed by atoms with Crippen molar-refractivity contribution in [3.8, 4) is 6.07 Å². The maximum absolute atomic E-state index is 12.1. The summed E-state index contributed by atoms with van der Waals surface area (Å²) >= 11 is 0. The van der Waals surface area contributed by atoms with Gasteiger partial charge in [0.2, 0.25) is 0 Å². The van der Waals surface area contributed by atoms with Gasteiger partial charge in [-0.25, -0.2) is 0 Å². The van der Waals surface area contributed by atoms with Gasteiger partial charge in [0.1, 0.15) is 6.07 Å². The zero-order valence-electron chi connectivity index (χ0n) is 15.6. The van der Waals surface area contributed by atoms with Crippen LogP contribution in [0, 0.1) is 17.2 Å². The molecule has 28 heavy (non-hydrogen) atoms. The van der Waals surface area contributed by atoms with Crippen molar-refractivity contribution in [2.75, 3.05) is 25.0 Å². The molecule has 0 saturated carbocycles. The number of hydrogen-bond acceptors (Lipinski definition) is 5. The molecule has 7 heteroatoms. The molecule has 0 aliphatic carbocycles. The number of pyridine rings is 1. The minimum absolute atomic E-state index is 0.323. The summed E-state index contributed by atoms with van der Waals surface area (Å²) in [6, 6.07) is 14.5. The van der Waals surface area contributed by atoms with Crippen LogP contribution < -0.4 is 10.6 Å². The molecule has 2 heterocycles. The molecule has 3 rings (SSSR count). The number of nitrogens with one attached hydrogen (secondary N) is 2. The number of piperidine rings is 1. The van der Waals surface area contributed by atoms with E-state index in [-0.39, 0.29) is 0 Å². The van der Waals surface area contributed by atoms with Gasteiger partial charge in [-0.1, -0.05) is 18.2 Å². The van der Waals surface area contributed by atoms with Gasteiger partial charge in [-0.15, -0.1) is 0 Å². The molecule has 1 aromatic heterocycles. The Labute approximate surface area is 164 Å². The number of benzene rings is 1. The van der Waals surface area contributed by atoms with E-state index in [2.05, 4.69) is 20.5 Å². The van der Waals surface area contributed by atoms with Gasteiger partial charge in [0, 0.05) is 19.3 Å². The van der Waals surface area contributed by atoms with Crippen LogP contribution in [0.5, 0.6) is 0 Å². The van der Waals surface area contributed by atoms with Crippen LogP contribution in [0.4, 0.5) is 5.69 Å². The molecular formula is C21H23N5O2. The summed E-state index contributed by atoms with van der Waals surface area (Å²) in [6.07, 6.45) is 3.73. The smallest absolute Gasteiger partial charge is 0.313 e. The largest absolute Gasteiger partial charge is 0.348 e. The van der Waals surface area contributed by atoms with Gasteiger partial charge in [0.15, 0.2) is 0 Å². The van der Waals surface area contributed by atoms with Crippen molar-refractivity contribution in [3.63, 3.8) is 0 Å². The van der Waals surface area contributed by atoms with Crippen LogP contribution in [0.1, 0.15) is 24.1 Å². The summed E-state index contributed by atoms with van der Waals surface area (Å²) in [6.45, 7) is 3.20. The minimum Gasteiger partial charge on any atom is -0.348 e. The zero-order chi connectivity index (χ0) is 19.8. The first-order valence-corrected chi connectivity index (χ1v) is 9.36. The summed E-state index contributed by atoms with van der Waals surface area (Å²) < 4.78 is 0. The fourth-order valence-corrected chi connectivity index (χ4v) is 3.26. The van der Waals surface area contributed by atoms with Crippen LogP contribution in [0.25, 0.3) is 0 Å². The summed E-state index contributed by atoms with van der Waals surface area (Å²) in [4.78, 5) is 30.8. The van der Waals surface area contributed by atoms with Gasteiger partial charge < -0.3 is 10.6 Å². The van der Waals surface area contributed by atoms with E-state index in [1.165, 1.54) is 0 Å². The molecule has 1 aliphatic rings. The number of nitrogens with zero attached hydrogens (tertiary/aromatic N) is 3. The van der Waals surface area contributed by atoms with Gasteiger partial charge in [-0.05, 0) is 56.1 Å². The van der Waals surface area contributed by atoms with Crippen molar-refractivity contribution >= 4 is 17.5 Å². The average molecular weight is 377 g/mol. The number of amides is 2. The monoisotopic (exact) mass is 377 g/mol. The van der Waals surface area contributed by atoms with Crippen LogP contribution in [0.2, 0.25) is 0 Å². The minimum atomic E-state index is -0.754. The maximum Gasteiger partial charge on any atom is 0.313 e. The highest BCUT2D eigenvalue weighted by atomic mass is 16.2. The molecule has 1 aromatic carbocycles. The molecule has 0 atom stereocenters. The highest BCUT2D eigenvalue weighted by Gasteiger charge is 2.22. The molecule has 144 valence electrons. The number of anilines is 1. The number of likely N-dealkylation sites (tertiary alicyclic amines) is 1. The quantitative estimate of drug-likeness (QED) is 0.776. The van der Waals surface area contributed by atoms with Crippen LogP contribution in [0.3, 0.4) is 0 Å². The predicted octanol–water partition coefficient (Wildman–Crippen LogP) is 1.92. The van der Waals surface area contributed by atoms with E-state index >= 15 is 0 Å². The lowest BCUT2D eigenvalue weighted by molar-refractivity contribution is -0.136. The second-order valence-corrected chi connectivity index (χ2v) is 6.86. The molecule has 1 fully saturated rings. The van der Waals surface area contributed by atoms with Gasteiger partial charge in [0.25, 0.3) is 0 Å². The lowest BCUT2D eigenvalue weighted by atomic mass is 9.96. The molecule has 2 amide bonds. The van der Waals surface area contributed by atoms with Crippen molar-refractivity contribution < 1.29 is 9.59 Å². The van der Waals surface area contributed by atoms with E-state index in [0.717, 1.165) is 38.2 Å². The summed E-state index contributed by atoms with van der Waals surface area (Å²) in [7, 11) is 0. The average Bonchev–Trinajstić information content (AvgIpc) is 2.74. The van der Waals surface area contributed by atoms with Crippen LogP contribution in [-0.2, 0) is 16.1 Å². The molecule has 2 N–H and O–H groups in total. The van der Waals surface area contributed by atoms with Crippen LogP contribution in [-0.4, -0.2) is 41.3 Å². The van der Waals surface area contributed by atoms with Gasteiger partial charge >= 0.3 is 11.8 Å². The Kier molecular flexibility index (Phi) is 6.71. The highest BCUT2D eigenvalue weighted by molar-refractivity contribution is 6.39. The van der Waals surface area contributed by atoms with Crippen molar-refractivity contribution in [2.24, 2.45) is 5.92 Å². The number of carbonyl (C=O) groups is 2. The summed E-state index contributed by atoms with van der Waals surface area (Å²) in [5, 5.41) is 14.3. The van der Waals surface area contributed by atoms with Gasteiger partial charge in [0.05, 0.1) is 16.9 Å². The number of hydrogen-bond donors (Lipinski definition) is 2. The third-order valence-corrected chi connectivity index (χ3v) is 4.87. The number of carbonyl (C=O) groups excluding carboxylic acids is 2. The highest BCUT2D eigenvalue weighted by Crippen LogP contribution is 2.18. The molecule has 0 radical (unpaired) electrons. The fraction of sp³-hybridized carbons (Fsp3) is 0.333. The molecule has 0 spiro atoms. The van der Waals surface area contributed by atoms with Crippen LogP contribution >= 0.6 is 0 Å². The van der Waals surface area contributed by atoms with E-state index in [0.29, 0.717) is 23.7 Å². The van der Waals surface area contributed by atoms with Gasteiger partial charge in [-0.3, -0.25) is 19.5 Å². The molecule has 7 nitrogen and oxygen atoms in total. The van der Waals surface area contributed by atoms with Crippen LogP contribution in [0.15, 0.2) is 48.7 Å². The molecular weight excluding hydrogens is 354 g/mol. The Balaban J connectivity index is 1.40. The SMILES string of the molecule is N#Cc1ccccc1NC(=O)C(=O)NCC1CCN(Cc2ccccn2)CC1. The van der Waals surface area contributed by atoms with E-state index in [9.17, 15) is 9.59 Å². The lowest BCUT2D eigenvalue weighted by Gasteiger charge is -2.31. The number of rotatable bonds is 5. The van der Waals surface area contributed by atoms with Crippen molar-refractivity contribution in [3.05, 3.63) is 59.9 Å². The second-order valence-electron chi connectivity index (χ2n) is 6.86. The third-order valence-electron chi connectivity index (χ3n) is 4.87. The Hall–Kier alpha value is -3.24. The topological polar surface area (TPSA) is 98.1 Å². The van der Waals surface area contributed by atoms with E-state index < -0.39 is 11.8 Å². The fourth-order valence-electron chi connectivity index (χ4n) is 3.26. The van der Waals surface area contributed by atoms with Gasteiger partial charge in [-0.2, -0.15) is 5.26 Å². The first kappa shape index (κ1) is 19.5.